The van der Waals surface area contributed by atoms with Crippen LogP contribution in [0.3, 0.4) is 0 Å². The first kappa shape index (κ1) is 20.2. The molecule has 0 aliphatic carbocycles. The van der Waals surface area contributed by atoms with Gasteiger partial charge in [0.05, 0.1) is 12.0 Å². The van der Waals surface area contributed by atoms with Crippen molar-refractivity contribution >= 4 is 29.1 Å². The molecule has 7 heteroatoms. The van der Waals surface area contributed by atoms with Crippen LogP contribution in [0.25, 0.3) is 6.08 Å². The average Bonchev–Trinajstić information content (AvgIpc) is 3.10. The highest BCUT2D eigenvalue weighted by molar-refractivity contribution is 7.12. The van der Waals surface area contributed by atoms with Gasteiger partial charge in [0.25, 0.3) is 5.91 Å². The van der Waals surface area contributed by atoms with Crippen LogP contribution in [0.4, 0.5) is 0 Å². The Kier molecular flexibility index (Phi) is 7.15. The second-order valence-corrected chi connectivity index (χ2v) is 6.50. The summed E-state index contributed by atoms with van der Waals surface area (Å²) in [4.78, 5) is 24.6. The molecule has 6 nitrogen and oxygen atoms in total. The van der Waals surface area contributed by atoms with Gasteiger partial charge in [-0.15, -0.1) is 11.3 Å². The number of Topliss-reactive ketones (excluding diaryl/α,β-unsaturated/α-hetero) is 1. The predicted molar refractivity (Wildman–Crippen MR) is 104 cm³/mol. The van der Waals surface area contributed by atoms with Crippen molar-refractivity contribution in [1.29, 1.82) is 5.26 Å². The number of allylic oxidation sites excluding steroid dienone is 1. The first-order chi connectivity index (χ1) is 13.0. The number of carbonyl (C=O) groups excluding carboxylic acids is 2. The van der Waals surface area contributed by atoms with Gasteiger partial charge in [-0.05, 0) is 54.6 Å². The fraction of sp³-hybridized carbons (Fsp3) is 0.250. The zero-order chi connectivity index (χ0) is 19.8. The van der Waals surface area contributed by atoms with Crippen LogP contribution >= 0.6 is 11.3 Å². The summed E-state index contributed by atoms with van der Waals surface area (Å²) in [5, 5.41) is 13.9. The molecule has 0 saturated carbocycles. The monoisotopic (exact) mass is 384 g/mol. The van der Waals surface area contributed by atoms with Crippen molar-refractivity contribution in [2.24, 2.45) is 0 Å². The van der Waals surface area contributed by atoms with Crippen molar-refractivity contribution in [3.63, 3.8) is 0 Å². The Labute approximate surface area is 162 Å². The van der Waals surface area contributed by atoms with E-state index in [0.29, 0.717) is 28.5 Å². The highest BCUT2D eigenvalue weighted by Gasteiger charge is 2.16. The second kappa shape index (κ2) is 9.55. The maximum absolute atomic E-state index is 12.5. The molecule has 0 unspecified atom stereocenters. The Hall–Kier alpha value is -3.11. The summed E-state index contributed by atoms with van der Waals surface area (Å²) < 4.78 is 10.8. The summed E-state index contributed by atoms with van der Waals surface area (Å²) in [5.74, 6) is 0.276. The average molecular weight is 384 g/mol. The van der Waals surface area contributed by atoms with Crippen molar-refractivity contribution in [2.45, 2.75) is 13.8 Å². The number of likely N-dealkylation sites (N-methyl/N-ethyl adjacent to an activating group) is 1. The lowest BCUT2D eigenvalue weighted by atomic mass is 10.0. The van der Waals surface area contributed by atoms with Gasteiger partial charge >= 0.3 is 0 Å². The van der Waals surface area contributed by atoms with E-state index in [1.807, 2.05) is 31.4 Å². The number of aryl methyl sites for hydroxylation is 1. The molecular formula is C20H20N2O4S. The van der Waals surface area contributed by atoms with E-state index in [9.17, 15) is 14.9 Å². The minimum absolute atomic E-state index is 0.0404. The van der Waals surface area contributed by atoms with E-state index in [0.717, 1.165) is 5.56 Å². The number of hydrogen-bond donors (Lipinski definition) is 1. The summed E-state index contributed by atoms with van der Waals surface area (Å²) in [7, 11) is 1.48. The molecule has 1 heterocycles. The van der Waals surface area contributed by atoms with Crippen LogP contribution in [0.5, 0.6) is 11.5 Å². The number of methoxy groups -OCH3 is 1. The third-order valence-corrected chi connectivity index (χ3v) is 4.68. The van der Waals surface area contributed by atoms with Gasteiger partial charge < -0.3 is 14.8 Å². The number of ether oxygens (including phenoxy) is 2. The van der Waals surface area contributed by atoms with E-state index in [2.05, 4.69) is 5.32 Å². The topological polar surface area (TPSA) is 88.4 Å². The van der Waals surface area contributed by atoms with Gasteiger partial charge in [-0.2, -0.15) is 5.26 Å². The normalized spacial score (nSPS) is 10.8. The number of rotatable bonds is 8. The second-order valence-electron chi connectivity index (χ2n) is 5.58. The van der Waals surface area contributed by atoms with Crippen LogP contribution < -0.4 is 14.8 Å². The molecule has 2 aromatic rings. The van der Waals surface area contributed by atoms with Gasteiger partial charge in [0.2, 0.25) is 5.78 Å². The van der Waals surface area contributed by atoms with Crippen LogP contribution in [-0.2, 0) is 4.79 Å². The molecule has 0 bridgehead atoms. The Morgan fingerprint density at radius 3 is 2.67 bits per heavy atom. The number of nitrogens with zero attached hydrogens (tertiary/aromatic N) is 1. The molecule has 0 radical (unpaired) electrons. The maximum atomic E-state index is 12.5. The SMILES string of the molecule is CCNC(=O)COc1ccc(/C=C(\C#N)C(=O)c2sccc2C)cc1OC. The first-order valence-corrected chi connectivity index (χ1v) is 9.16. The van der Waals surface area contributed by atoms with Crippen LogP contribution in [0.2, 0.25) is 0 Å². The molecule has 27 heavy (non-hydrogen) atoms. The van der Waals surface area contributed by atoms with Crippen molar-refractivity contribution in [3.05, 3.63) is 51.2 Å². The summed E-state index contributed by atoms with van der Waals surface area (Å²) in [6.45, 7) is 4.06. The van der Waals surface area contributed by atoms with Gasteiger partial charge in [0.15, 0.2) is 18.1 Å². The molecule has 0 aliphatic rings. The quantitative estimate of drug-likeness (QED) is 0.428. The molecule has 1 aromatic carbocycles. The minimum atomic E-state index is -0.305. The van der Waals surface area contributed by atoms with Crippen molar-refractivity contribution in [1.82, 2.24) is 5.32 Å². The van der Waals surface area contributed by atoms with Crippen molar-refractivity contribution < 1.29 is 19.1 Å². The Morgan fingerprint density at radius 1 is 1.30 bits per heavy atom. The zero-order valence-electron chi connectivity index (χ0n) is 15.4. The van der Waals surface area contributed by atoms with Crippen molar-refractivity contribution in [3.8, 4) is 17.6 Å². The zero-order valence-corrected chi connectivity index (χ0v) is 16.2. The van der Waals surface area contributed by atoms with Gasteiger partial charge in [0, 0.05) is 6.54 Å². The number of ketones is 1. The van der Waals surface area contributed by atoms with E-state index in [1.165, 1.54) is 24.5 Å². The van der Waals surface area contributed by atoms with E-state index in [4.69, 9.17) is 9.47 Å². The molecule has 0 saturated heterocycles. The van der Waals surface area contributed by atoms with E-state index >= 15 is 0 Å². The Balaban J connectivity index is 2.24. The smallest absolute Gasteiger partial charge is 0.257 e. The number of hydrogen-bond acceptors (Lipinski definition) is 6. The van der Waals surface area contributed by atoms with Crippen LogP contribution in [-0.4, -0.2) is 32.0 Å². The molecule has 1 aromatic heterocycles. The fourth-order valence-electron chi connectivity index (χ4n) is 2.33. The maximum Gasteiger partial charge on any atom is 0.257 e. The third kappa shape index (κ3) is 5.19. The molecule has 0 atom stereocenters. The summed E-state index contributed by atoms with van der Waals surface area (Å²) in [6.07, 6.45) is 1.51. The number of amides is 1. The molecule has 0 fully saturated rings. The summed E-state index contributed by atoms with van der Waals surface area (Å²) >= 11 is 1.31. The van der Waals surface area contributed by atoms with Crippen LogP contribution in [0.1, 0.15) is 27.7 Å². The Bertz CT molecular complexity index is 909. The lowest BCUT2D eigenvalue weighted by molar-refractivity contribution is -0.123. The highest BCUT2D eigenvalue weighted by atomic mass is 32.1. The van der Waals surface area contributed by atoms with Gasteiger partial charge in [-0.3, -0.25) is 9.59 Å². The number of carbonyl (C=O) groups is 2. The summed E-state index contributed by atoms with van der Waals surface area (Å²) in [5.41, 5.74) is 1.51. The lowest BCUT2D eigenvalue weighted by Gasteiger charge is -2.11. The number of nitriles is 1. The predicted octanol–water partition coefficient (Wildman–Crippen LogP) is 3.37. The van der Waals surface area contributed by atoms with E-state index in [-0.39, 0.29) is 23.9 Å². The largest absolute Gasteiger partial charge is 0.493 e. The van der Waals surface area contributed by atoms with Crippen molar-refractivity contribution in [2.75, 3.05) is 20.3 Å². The number of benzene rings is 1. The highest BCUT2D eigenvalue weighted by Crippen LogP contribution is 2.29. The molecule has 1 amide bonds. The molecule has 1 N–H and O–H groups in total. The molecule has 0 spiro atoms. The molecule has 140 valence electrons. The number of nitrogens with one attached hydrogen (secondary N) is 1. The van der Waals surface area contributed by atoms with E-state index < -0.39 is 0 Å². The third-order valence-electron chi connectivity index (χ3n) is 3.66. The minimum Gasteiger partial charge on any atom is -0.493 e. The standard InChI is InChI=1S/C20H20N2O4S/c1-4-22-18(23)12-26-16-6-5-14(10-17(16)25-3)9-15(11-21)19(24)20-13(2)7-8-27-20/h5-10H,4,12H2,1-3H3,(H,22,23)/b15-9+. The summed E-state index contributed by atoms with van der Waals surface area (Å²) in [6, 6.07) is 8.80. The van der Waals surface area contributed by atoms with Crippen LogP contribution in [0.15, 0.2) is 35.2 Å². The molecule has 2 rings (SSSR count). The Morgan fingerprint density at radius 2 is 2.07 bits per heavy atom. The van der Waals surface area contributed by atoms with Gasteiger partial charge in [0.1, 0.15) is 11.6 Å². The lowest BCUT2D eigenvalue weighted by Crippen LogP contribution is -2.28. The molecule has 0 aliphatic heterocycles. The van der Waals surface area contributed by atoms with Gasteiger partial charge in [-0.25, -0.2) is 0 Å². The van der Waals surface area contributed by atoms with Gasteiger partial charge in [-0.1, -0.05) is 6.07 Å². The number of thiophene rings is 1. The first-order valence-electron chi connectivity index (χ1n) is 8.28. The van der Waals surface area contributed by atoms with E-state index in [1.54, 1.807) is 18.2 Å². The fourth-order valence-corrected chi connectivity index (χ4v) is 3.21. The van der Waals surface area contributed by atoms with Crippen LogP contribution in [0, 0.1) is 18.3 Å². The molecular weight excluding hydrogens is 364 g/mol.